The molecule has 0 atom stereocenters. The van der Waals surface area contributed by atoms with Gasteiger partial charge in [0.2, 0.25) is 0 Å². The highest BCUT2D eigenvalue weighted by atomic mass is 15.0. The van der Waals surface area contributed by atoms with Crippen LogP contribution in [0.15, 0.2) is 59.7 Å². The number of nitrogens with zero attached hydrogens (tertiary/aromatic N) is 3. The molecule has 4 aromatic rings. The zero-order valence-corrected chi connectivity index (χ0v) is 15.7. The van der Waals surface area contributed by atoms with Crippen molar-refractivity contribution in [1.82, 2.24) is 9.97 Å². The Balaban J connectivity index is 1.62. The number of hydrogen-bond acceptors (Lipinski definition) is 4. The van der Waals surface area contributed by atoms with Crippen molar-refractivity contribution in [3.63, 3.8) is 0 Å². The Morgan fingerprint density at radius 1 is 0.929 bits per heavy atom. The van der Waals surface area contributed by atoms with Crippen LogP contribution in [0.25, 0.3) is 21.8 Å². The zero-order valence-electron chi connectivity index (χ0n) is 15.7. The van der Waals surface area contributed by atoms with Crippen molar-refractivity contribution in [3.8, 4) is 0 Å². The number of guanidine groups is 1. The second-order valence-corrected chi connectivity index (χ2v) is 6.96. The van der Waals surface area contributed by atoms with Crippen LogP contribution in [-0.4, -0.2) is 15.9 Å². The largest absolute Gasteiger partial charge is 0.382 e. The van der Waals surface area contributed by atoms with Crippen LogP contribution in [0.4, 0.5) is 11.5 Å². The van der Waals surface area contributed by atoms with Gasteiger partial charge in [-0.1, -0.05) is 24.3 Å². The van der Waals surface area contributed by atoms with Crippen LogP contribution in [0, 0.1) is 6.92 Å². The van der Waals surface area contributed by atoms with E-state index in [0.717, 1.165) is 51.5 Å². The number of fused-ring (bicyclic) bond motifs is 3. The first kappa shape index (κ1) is 17.7. The summed E-state index contributed by atoms with van der Waals surface area (Å²) in [6.45, 7) is 2.05. The number of benzene rings is 2. The van der Waals surface area contributed by atoms with E-state index in [1.807, 2.05) is 30.5 Å². The van der Waals surface area contributed by atoms with Gasteiger partial charge in [-0.3, -0.25) is 4.98 Å². The average molecular weight is 370 g/mol. The van der Waals surface area contributed by atoms with Crippen molar-refractivity contribution in [2.24, 2.45) is 16.5 Å². The molecular formula is C22H22N6. The fourth-order valence-electron chi connectivity index (χ4n) is 3.37. The smallest absolute Gasteiger partial charge is 0.191 e. The summed E-state index contributed by atoms with van der Waals surface area (Å²) in [6.07, 6.45) is 3.65. The van der Waals surface area contributed by atoms with Gasteiger partial charge in [-0.2, -0.15) is 0 Å². The van der Waals surface area contributed by atoms with Gasteiger partial charge in [0.1, 0.15) is 5.52 Å². The Labute approximate surface area is 163 Å². The molecule has 6 heteroatoms. The maximum Gasteiger partial charge on any atom is 0.191 e. The number of hydrogen-bond donors (Lipinski definition) is 3. The van der Waals surface area contributed by atoms with Gasteiger partial charge >= 0.3 is 0 Å². The highest BCUT2D eigenvalue weighted by Crippen LogP contribution is 2.28. The molecule has 6 N–H and O–H groups in total. The van der Waals surface area contributed by atoms with E-state index < -0.39 is 0 Å². The summed E-state index contributed by atoms with van der Waals surface area (Å²) in [7, 11) is 0. The lowest BCUT2D eigenvalue weighted by molar-refractivity contribution is 0.955. The predicted molar refractivity (Wildman–Crippen MR) is 116 cm³/mol. The molecule has 2 heterocycles. The maximum atomic E-state index is 6.13. The van der Waals surface area contributed by atoms with Crippen LogP contribution >= 0.6 is 0 Å². The number of nitrogen functional groups attached to an aromatic ring is 1. The van der Waals surface area contributed by atoms with E-state index in [1.165, 1.54) is 5.56 Å². The van der Waals surface area contributed by atoms with E-state index in [0.29, 0.717) is 5.82 Å². The Morgan fingerprint density at radius 2 is 1.68 bits per heavy atom. The number of aliphatic imine (C=N–C) groups is 1. The fraction of sp³-hybridized carbons (Fsp3) is 0.136. The third-order valence-electron chi connectivity index (χ3n) is 4.77. The molecule has 0 amide bonds. The number of aromatic nitrogens is 2. The third-order valence-corrected chi connectivity index (χ3v) is 4.77. The van der Waals surface area contributed by atoms with Crippen LogP contribution in [0.2, 0.25) is 0 Å². The minimum Gasteiger partial charge on any atom is -0.382 e. The van der Waals surface area contributed by atoms with Crippen LogP contribution < -0.4 is 17.2 Å². The van der Waals surface area contributed by atoms with E-state index in [9.17, 15) is 0 Å². The quantitative estimate of drug-likeness (QED) is 0.289. The van der Waals surface area contributed by atoms with Gasteiger partial charge in [0.15, 0.2) is 11.8 Å². The van der Waals surface area contributed by atoms with Crippen molar-refractivity contribution in [2.75, 3.05) is 5.73 Å². The molecule has 0 radical (unpaired) electrons. The van der Waals surface area contributed by atoms with Crippen molar-refractivity contribution in [1.29, 1.82) is 0 Å². The SMILES string of the molecule is Cc1ccc2c(c1)nc(N)c1ncc(CCc3ccc(N=C(N)N)cc3)cc12. The van der Waals surface area contributed by atoms with Crippen molar-refractivity contribution in [3.05, 3.63) is 71.4 Å². The number of anilines is 1. The summed E-state index contributed by atoms with van der Waals surface area (Å²) in [5, 5.41) is 2.12. The molecule has 2 aromatic heterocycles. The van der Waals surface area contributed by atoms with E-state index in [2.05, 4.69) is 46.1 Å². The monoisotopic (exact) mass is 370 g/mol. The molecule has 0 saturated carbocycles. The second kappa shape index (κ2) is 7.15. The van der Waals surface area contributed by atoms with Gasteiger partial charge in [0.25, 0.3) is 0 Å². The van der Waals surface area contributed by atoms with Crippen LogP contribution in [0.1, 0.15) is 16.7 Å². The fourth-order valence-corrected chi connectivity index (χ4v) is 3.37. The normalized spacial score (nSPS) is 11.0. The molecule has 0 spiro atoms. The van der Waals surface area contributed by atoms with E-state index in [1.54, 1.807) is 0 Å². The number of aryl methyl sites for hydroxylation is 3. The highest BCUT2D eigenvalue weighted by Gasteiger charge is 2.09. The average Bonchev–Trinajstić information content (AvgIpc) is 2.67. The Bertz CT molecular complexity index is 1190. The first-order valence-electron chi connectivity index (χ1n) is 9.12. The number of pyridine rings is 2. The minimum atomic E-state index is 0.0613. The van der Waals surface area contributed by atoms with Gasteiger partial charge in [-0.05, 0) is 60.7 Å². The minimum absolute atomic E-state index is 0.0613. The molecule has 0 aliphatic heterocycles. The van der Waals surface area contributed by atoms with Crippen molar-refractivity contribution >= 4 is 39.3 Å². The summed E-state index contributed by atoms with van der Waals surface area (Å²) in [5.41, 5.74) is 22.9. The molecule has 0 fully saturated rings. The van der Waals surface area contributed by atoms with E-state index in [-0.39, 0.29) is 5.96 Å². The first-order chi connectivity index (χ1) is 13.5. The zero-order chi connectivity index (χ0) is 19.7. The molecule has 0 bridgehead atoms. The first-order valence-corrected chi connectivity index (χ1v) is 9.12. The highest BCUT2D eigenvalue weighted by molar-refractivity contribution is 6.08. The van der Waals surface area contributed by atoms with Crippen LogP contribution in [0.5, 0.6) is 0 Å². The summed E-state index contributed by atoms with van der Waals surface area (Å²) >= 11 is 0. The van der Waals surface area contributed by atoms with Crippen LogP contribution in [0.3, 0.4) is 0 Å². The van der Waals surface area contributed by atoms with Crippen molar-refractivity contribution in [2.45, 2.75) is 19.8 Å². The number of nitrogens with two attached hydrogens (primary N) is 3. The molecular weight excluding hydrogens is 348 g/mol. The van der Waals surface area contributed by atoms with Crippen LogP contribution in [-0.2, 0) is 12.8 Å². The number of rotatable bonds is 4. The topological polar surface area (TPSA) is 116 Å². The summed E-state index contributed by atoms with van der Waals surface area (Å²) in [4.78, 5) is 13.1. The molecule has 6 nitrogen and oxygen atoms in total. The van der Waals surface area contributed by atoms with Gasteiger partial charge < -0.3 is 17.2 Å². The predicted octanol–water partition coefficient (Wildman–Crippen LogP) is 3.36. The summed E-state index contributed by atoms with van der Waals surface area (Å²) in [6, 6.07) is 16.3. The Hall–Kier alpha value is -3.67. The lowest BCUT2D eigenvalue weighted by atomic mass is 10.0. The molecule has 4 rings (SSSR count). The Morgan fingerprint density at radius 3 is 2.43 bits per heavy atom. The van der Waals surface area contributed by atoms with Crippen molar-refractivity contribution < 1.29 is 0 Å². The second-order valence-electron chi connectivity index (χ2n) is 6.96. The third kappa shape index (κ3) is 3.57. The molecule has 140 valence electrons. The lowest BCUT2D eigenvalue weighted by Crippen LogP contribution is -2.21. The van der Waals surface area contributed by atoms with Gasteiger partial charge in [0, 0.05) is 17.0 Å². The molecule has 2 aromatic carbocycles. The van der Waals surface area contributed by atoms with E-state index >= 15 is 0 Å². The molecule has 0 aliphatic rings. The molecule has 0 aliphatic carbocycles. The standard InChI is InChI=1S/C22H22N6/c1-13-2-9-17-18-11-15(12-26-20(18)21(23)28-19(17)10-13)4-3-14-5-7-16(8-6-14)27-22(24)25/h2,5-12H,3-4H2,1H3,(H2,23,28)(H4,24,25,27). The lowest BCUT2D eigenvalue weighted by Gasteiger charge is -2.09. The van der Waals surface area contributed by atoms with Gasteiger partial charge in [0.05, 0.1) is 11.2 Å². The Kier molecular flexibility index (Phi) is 4.53. The van der Waals surface area contributed by atoms with E-state index in [4.69, 9.17) is 17.2 Å². The van der Waals surface area contributed by atoms with Gasteiger partial charge in [-0.15, -0.1) is 0 Å². The summed E-state index contributed by atoms with van der Waals surface area (Å²) in [5.74, 6) is 0.529. The van der Waals surface area contributed by atoms with Gasteiger partial charge in [-0.25, -0.2) is 9.98 Å². The summed E-state index contributed by atoms with van der Waals surface area (Å²) < 4.78 is 0. The molecule has 0 saturated heterocycles. The maximum absolute atomic E-state index is 6.13. The molecule has 28 heavy (non-hydrogen) atoms. The molecule has 0 unspecified atom stereocenters.